The van der Waals surface area contributed by atoms with Gasteiger partial charge in [0.1, 0.15) is 0 Å². The van der Waals surface area contributed by atoms with Crippen LogP contribution in [0.15, 0.2) is 24.5 Å². The van der Waals surface area contributed by atoms with E-state index in [9.17, 15) is 0 Å². The summed E-state index contributed by atoms with van der Waals surface area (Å²) in [7, 11) is 0. The Labute approximate surface area is 72.8 Å². The summed E-state index contributed by atoms with van der Waals surface area (Å²) >= 11 is 0. The number of rotatable bonds is 5. The Bertz CT molecular complexity index is 201. The van der Waals surface area contributed by atoms with Gasteiger partial charge in [-0.3, -0.25) is 4.98 Å². The summed E-state index contributed by atoms with van der Waals surface area (Å²) in [6, 6.07) is 3.87. The van der Waals surface area contributed by atoms with Gasteiger partial charge >= 0.3 is 0 Å². The maximum absolute atomic E-state index is 5.18. The van der Waals surface area contributed by atoms with Crippen LogP contribution in [0.1, 0.15) is 6.92 Å². The monoisotopic (exact) mass is 166 g/mol. The molecule has 0 unspecified atom stereocenters. The number of hydrogen-bond acceptors (Lipinski definition) is 3. The lowest BCUT2D eigenvalue weighted by Gasteiger charge is -2.04. The van der Waals surface area contributed by atoms with E-state index in [0.717, 1.165) is 25.4 Å². The second kappa shape index (κ2) is 5.55. The van der Waals surface area contributed by atoms with Crippen molar-refractivity contribution in [1.29, 1.82) is 0 Å². The lowest BCUT2D eigenvalue weighted by atomic mass is 10.4. The van der Waals surface area contributed by atoms with Gasteiger partial charge in [0.2, 0.25) is 0 Å². The van der Waals surface area contributed by atoms with Crippen LogP contribution < -0.4 is 5.32 Å². The fourth-order valence-electron chi connectivity index (χ4n) is 0.882. The minimum Gasteiger partial charge on any atom is -0.383 e. The van der Waals surface area contributed by atoms with Gasteiger partial charge in [0, 0.05) is 31.2 Å². The van der Waals surface area contributed by atoms with Crippen LogP contribution in [0, 0.1) is 0 Å². The van der Waals surface area contributed by atoms with Gasteiger partial charge in [0.15, 0.2) is 0 Å². The van der Waals surface area contributed by atoms with Gasteiger partial charge in [-0.05, 0) is 19.1 Å². The number of nitrogens with one attached hydrogen (secondary N) is 1. The molecule has 0 amide bonds. The van der Waals surface area contributed by atoms with Crippen LogP contribution in [0.5, 0.6) is 0 Å². The molecule has 0 aliphatic carbocycles. The van der Waals surface area contributed by atoms with E-state index in [1.807, 2.05) is 19.1 Å². The summed E-state index contributed by atoms with van der Waals surface area (Å²) < 4.78 is 5.18. The first-order valence-electron chi connectivity index (χ1n) is 4.15. The summed E-state index contributed by atoms with van der Waals surface area (Å²) in [5.41, 5.74) is 1.09. The zero-order chi connectivity index (χ0) is 8.65. The summed E-state index contributed by atoms with van der Waals surface area (Å²) in [4.78, 5) is 3.92. The van der Waals surface area contributed by atoms with Gasteiger partial charge in [-0.15, -0.1) is 0 Å². The lowest BCUT2D eigenvalue weighted by molar-refractivity contribution is 0.158. The number of anilines is 1. The van der Waals surface area contributed by atoms with Crippen LogP contribution in [0.4, 0.5) is 5.69 Å². The molecule has 1 aromatic heterocycles. The Morgan fingerprint density at radius 3 is 2.83 bits per heavy atom. The van der Waals surface area contributed by atoms with E-state index in [-0.39, 0.29) is 0 Å². The number of hydrogen-bond donors (Lipinski definition) is 1. The summed E-state index contributed by atoms with van der Waals surface area (Å²) in [5, 5.41) is 3.21. The third-order valence-corrected chi connectivity index (χ3v) is 1.46. The molecule has 1 N–H and O–H groups in total. The molecule has 3 heteroatoms. The van der Waals surface area contributed by atoms with Crippen molar-refractivity contribution in [2.75, 3.05) is 25.1 Å². The highest BCUT2D eigenvalue weighted by atomic mass is 16.5. The van der Waals surface area contributed by atoms with Crippen molar-refractivity contribution in [3.05, 3.63) is 24.5 Å². The number of nitrogens with zero attached hydrogens (tertiary/aromatic N) is 1. The molecule has 1 aromatic rings. The van der Waals surface area contributed by atoms with E-state index in [1.165, 1.54) is 0 Å². The van der Waals surface area contributed by atoms with Gasteiger partial charge in [0.05, 0.1) is 6.61 Å². The first kappa shape index (κ1) is 9.00. The van der Waals surface area contributed by atoms with Crippen LogP contribution >= 0.6 is 0 Å². The van der Waals surface area contributed by atoms with Crippen LogP contribution in [-0.4, -0.2) is 24.7 Å². The van der Waals surface area contributed by atoms with E-state index >= 15 is 0 Å². The van der Waals surface area contributed by atoms with E-state index in [0.29, 0.717) is 0 Å². The quantitative estimate of drug-likeness (QED) is 0.673. The average Bonchev–Trinajstić information content (AvgIpc) is 2.14. The molecule has 0 aromatic carbocycles. The minimum absolute atomic E-state index is 0.749. The lowest BCUT2D eigenvalue weighted by Crippen LogP contribution is -2.08. The van der Waals surface area contributed by atoms with Crippen LogP contribution in [0.25, 0.3) is 0 Å². The summed E-state index contributed by atoms with van der Waals surface area (Å²) in [6.07, 6.45) is 3.53. The predicted molar refractivity (Wildman–Crippen MR) is 49.2 cm³/mol. The van der Waals surface area contributed by atoms with E-state index in [4.69, 9.17) is 4.74 Å². The molecule has 0 saturated heterocycles. The highest BCUT2D eigenvalue weighted by Gasteiger charge is 1.88. The van der Waals surface area contributed by atoms with Gasteiger partial charge < -0.3 is 10.1 Å². The van der Waals surface area contributed by atoms with Crippen LogP contribution in [-0.2, 0) is 4.74 Å². The zero-order valence-electron chi connectivity index (χ0n) is 7.29. The largest absolute Gasteiger partial charge is 0.383 e. The van der Waals surface area contributed by atoms with Crippen molar-refractivity contribution in [2.24, 2.45) is 0 Å². The highest BCUT2D eigenvalue weighted by molar-refractivity contribution is 5.40. The van der Waals surface area contributed by atoms with Crippen LogP contribution in [0.2, 0.25) is 0 Å². The van der Waals surface area contributed by atoms with Crippen LogP contribution in [0.3, 0.4) is 0 Å². The fourth-order valence-corrected chi connectivity index (χ4v) is 0.882. The molecule has 0 radical (unpaired) electrons. The molecule has 0 saturated carbocycles. The van der Waals surface area contributed by atoms with Crippen molar-refractivity contribution >= 4 is 5.69 Å². The first-order valence-corrected chi connectivity index (χ1v) is 4.15. The molecular formula is C9H14N2O. The molecule has 1 heterocycles. The average molecular weight is 166 g/mol. The first-order chi connectivity index (χ1) is 5.93. The normalized spacial score (nSPS) is 9.75. The zero-order valence-corrected chi connectivity index (χ0v) is 7.29. The maximum atomic E-state index is 5.18. The topological polar surface area (TPSA) is 34.1 Å². The molecule has 3 nitrogen and oxygen atoms in total. The van der Waals surface area contributed by atoms with Crippen molar-refractivity contribution in [2.45, 2.75) is 6.92 Å². The second-order valence-electron chi connectivity index (χ2n) is 2.36. The summed E-state index contributed by atoms with van der Waals surface area (Å²) in [5.74, 6) is 0. The molecule has 0 atom stereocenters. The highest BCUT2D eigenvalue weighted by Crippen LogP contribution is 2.01. The van der Waals surface area contributed by atoms with E-state index in [2.05, 4.69) is 10.3 Å². The van der Waals surface area contributed by atoms with E-state index in [1.54, 1.807) is 12.4 Å². The Kier molecular flexibility index (Phi) is 4.16. The Morgan fingerprint density at radius 1 is 1.42 bits per heavy atom. The maximum Gasteiger partial charge on any atom is 0.0638 e. The number of aromatic nitrogens is 1. The summed E-state index contributed by atoms with van der Waals surface area (Å²) in [6.45, 7) is 4.36. The molecule has 0 fully saturated rings. The third-order valence-electron chi connectivity index (χ3n) is 1.46. The third kappa shape index (κ3) is 3.34. The van der Waals surface area contributed by atoms with Gasteiger partial charge in [0.25, 0.3) is 0 Å². The Hall–Kier alpha value is -1.09. The standard InChI is InChI=1S/C9H14N2O/c1-2-12-8-7-11-9-3-5-10-6-4-9/h3-6H,2,7-8H2,1H3,(H,10,11). The van der Waals surface area contributed by atoms with Gasteiger partial charge in [-0.1, -0.05) is 0 Å². The Morgan fingerprint density at radius 2 is 2.17 bits per heavy atom. The van der Waals surface area contributed by atoms with Gasteiger partial charge in [-0.2, -0.15) is 0 Å². The van der Waals surface area contributed by atoms with Crippen molar-refractivity contribution in [3.8, 4) is 0 Å². The number of ether oxygens (including phenoxy) is 1. The molecule has 0 spiro atoms. The molecule has 0 aliphatic heterocycles. The SMILES string of the molecule is CCOCCNc1ccncc1. The molecule has 66 valence electrons. The van der Waals surface area contributed by atoms with Crippen molar-refractivity contribution in [1.82, 2.24) is 4.98 Å². The molecule has 12 heavy (non-hydrogen) atoms. The predicted octanol–water partition coefficient (Wildman–Crippen LogP) is 1.53. The Balaban J connectivity index is 2.16. The second-order valence-corrected chi connectivity index (χ2v) is 2.36. The molecule has 0 aliphatic rings. The molecular weight excluding hydrogens is 152 g/mol. The van der Waals surface area contributed by atoms with Gasteiger partial charge in [-0.25, -0.2) is 0 Å². The smallest absolute Gasteiger partial charge is 0.0638 e. The van der Waals surface area contributed by atoms with Crippen molar-refractivity contribution < 1.29 is 4.74 Å². The van der Waals surface area contributed by atoms with E-state index < -0.39 is 0 Å². The fraction of sp³-hybridized carbons (Fsp3) is 0.444. The minimum atomic E-state index is 0.749. The number of pyridine rings is 1. The van der Waals surface area contributed by atoms with Crippen molar-refractivity contribution in [3.63, 3.8) is 0 Å². The molecule has 0 bridgehead atoms. The molecule has 1 rings (SSSR count).